The number of hydrogen-bond donors (Lipinski definition) is 2. The van der Waals surface area contributed by atoms with E-state index in [0.29, 0.717) is 31.3 Å². The first-order valence-electron chi connectivity index (χ1n) is 6.54. The standard InChI is InChI=1S/C13H18N2O5S/c1-21(17,18)15-5-4-13(16)14-9-10-2-3-11-12(8-10)20-7-6-19-11/h2-3,8,15H,4-7,9H2,1H3,(H,14,16). The molecule has 1 aromatic carbocycles. The summed E-state index contributed by atoms with van der Waals surface area (Å²) in [5.74, 6) is 1.15. The number of hydrogen-bond acceptors (Lipinski definition) is 5. The Morgan fingerprint density at radius 3 is 2.67 bits per heavy atom. The monoisotopic (exact) mass is 314 g/mol. The molecule has 0 aliphatic carbocycles. The van der Waals surface area contributed by atoms with E-state index in [1.807, 2.05) is 12.1 Å². The van der Waals surface area contributed by atoms with Gasteiger partial charge in [-0.3, -0.25) is 4.79 Å². The molecule has 1 heterocycles. The highest BCUT2D eigenvalue weighted by molar-refractivity contribution is 7.88. The van der Waals surface area contributed by atoms with Crippen molar-refractivity contribution in [2.45, 2.75) is 13.0 Å². The molecule has 0 aromatic heterocycles. The van der Waals surface area contributed by atoms with Crippen LogP contribution in [0.25, 0.3) is 0 Å². The van der Waals surface area contributed by atoms with Crippen molar-refractivity contribution in [2.75, 3.05) is 26.0 Å². The fourth-order valence-electron chi connectivity index (χ4n) is 1.84. The minimum Gasteiger partial charge on any atom is -0.486 e. The number of carbonyl (C=O) groups is 1. The van der Waals surface area contributed by atoms with Crippen molar-refractivity contribution in [1.82, 2.24) is 10.0 Å². The topological polar surface area (TPSA) is 93.7 Å². The normalized spacial score (nSPS) is 13.8. The van der Waals surface area contributed by atoms with Crippen LogP contribution in [-0.2, 0) is 21.4 Å². The van der Waals surface area contributed by atoms with Gasteiger partial charge in [0.25, 0.3) is 0 Å². The molecule has 2 N–H and O–H groups in total. The summed E-state index contributed by atoms with van der Waals surface area (Å²) in [5, 5.41) is 2.72. The van der Waals surface area contributed by atoms with E-state index in [0.717, 1.165) is 11.8 Å². The molecule has 2 rings (SSSR count). The molecule has 21 heavy (non-hydrogen) atoms. The van der Waals surface area contributed by atoms with Gasteiger partial charge in [-0.1, -0.05) is 6.07 Å². The first-order valence-corrected chi connectivity index (χ1v) is 8.43. The van der Waals surface area contributed by atoms with E-state index in [2.05, 4.69) is 10.0 Å². The van der Waals surface area contributed by atoms with Crippen molar-refractivity contribution < 1.29 is 22.7 Å². The van der Waals surface area contributed by atoms with Gasteiger partial charge < -0.3 is 14.8 Å². The number of ether oxygens (including phenoxy) is 2. The van der Waals surface area contributed by atoms with Gasteiger partial charge in [0.15, 0.2) is 11.5 Å². The van der Waals surface area contributed by atoms with Gasteiger partial charge in [-0.25, -0.2) is 13.1 Å². The molecule has 7 nitrogen and oxygen atoms in total. The maximum atomic E-state index is 11.6. The quantitative estimate of drug-likeness (QED) is 0.772. The summed E-state index contributed by atoms with van der Waals surface area (Å²) in [5.41, 5.74) is 0.892. The molecule has 0 bridgehead atoms. The van der Waals surface area contributed by atoms with Crippen LogP contribution >= 0.6 is 0 Å². The molecule has 0 saturated heterocycles. The van der Waals surface area contributed by atoms with Gasteiger partial charge in [0.1, 0.15) is 13.2 Å². The molecule has 8 heteroatoms. The van der Waals surface area contributed by atoms with Crippen molar-refractivity contribution in [3.8, 4) is 11.5 Å². The van der Waals surface area contributed by atoms with Crippen LogP contribution in [0.15, 0.2) is 18.2 Å². The van der Waals surface area contributed by atoms with E-state index < -0.39 is 10.0 Å². The smallest absolute Gasteiger partial charge is 0.221 e. The summed E-state index contributed by atoms with van der Waals surface area (Å²) >= 11 is 0. The van der Waals surface area contributed by atoms with Crippen LogP contribution in [0.2, 0.25) is 0 Å². The number of nitrogens with one attached hydrogen (secondary N) is 2. The Morgan fingerprint density at radius 2 is 1.95 bits per heavy atom. The Hall–Kier alpha value is -1.80. The Morgan fingerprint density at radius 1 is 1.24 bits per heavy atom. The zero-order valence-electron chi connectivity index (χ0n) is 11.7. The summed E-state index contributed by atoms with van der Waals surface area (Å²) in [4.78, 5) is 11.6. The molecule has 0 radical (unpaired) electrons. The van der Waals surface area contributed by atoms with E-state index in [1.54, 1.807) is 6.07 Å². The SMILES string of the molecule is CS(=O)(=O)NCCC(=O)NCc1ccc2c(c1)OCCO2. The molecule has 0 unspecified atom stereocenters. The molecular formula is C13H18N2O5S. The van der Waals surface area contributed by atoms with Crippen molar-refractivity contribution in [3.63, 3.8) is 0 Å². The fraction of sp³-hybridized carbons (Fsp3) is 0.462. The molecule has 0 atom stereocenters. The highest BCUT2D eigenvalue weighted by Gasteiger charge is 2.12. The molecule has 0 spiro atoms. The van der Waals surface area contributed by atoms with Crippen LogP contribution < -0.4 is 19.5 Å². The number of carbonyl (C=O) groups excluding carboxylic acids is 1. The van der Waals surface area contributed by atoms with Gasteiger partial charge in [-0.15, -0.1) is 0 Å². The van der Waals surface area contributed by atoms with Crippen LogP contribution in [0.3, 0.4) is 0 Å². The lowest BCUT2D eigenvalue weighted by Gasteiger charge is -2.19. The van der Waals surface area contributed by atoms with Crippen molar-refractivity contribution in [2.24, 2.45) is 0 Å². The molecule has 1 aromatic rings. The summed E-state index contributed by atoms with van der Waals surface area (Å²) in [6.07, 6.45) is 1.15. The largest absolute Gasteiger partial charge is 0.486 e. The third kappa shape index (κ3) is 5.24. The van der Waals surface area contributed by atoms with Gasteiger partial charge in [-0.2, -0.15) is 0 Å². The molecule has 116 valence electrons. The highest BCUT2D eigenvalue weighted by atomic mass is 32.2. The molecule has 0 fully saturated rings. The van der Waals surface area contributed by atoms with E-state index >= 15 is 0 Å². The fourth-order valence-corrected chi connectivity index (χ4v) is 2.31. The first kappa shape index (κ1) is 15.6. The second-order valence-corrected chi connectivity index (χ2v) is 6.50. The number of amides is 1. The van der Waals surface area contributed by atoms with Crippen LogP contribution in [0.5, 0.6) is 11.5 Å². The average molecular weight is 314 g/mol. The maximum Gasteiger partial charge on any atom is 0.221 e. The van der Waals surface area contributed by atoms with E-state index in [4.69, 9.17) is 9.47 Å². The van der Waals surface area contributed by atoms with Gasteiger partial charge in [0.2, 0.25) is 15.9 Å². The minimum absolute atomic E-state index is 0.0891. The minimum atomic E-state index is -3.26. The molecule has 0 saturated carbocycles. The lowest BCUT2D eigenvalue weighted by molar-refractivity contribution is -0.121. The van der Waals surface area contributed by atoms with Crippen LogP contribution in [0, 0.1) is 0 Å². The van der Waals surface area contributed by atoms with Crippen LogP contribution in [0.4, 0.5) is 0 Å². The molecule has 1 aliphatic heterocycles. The van der Waals surface area contributed by atoms with E-state index in [-0.39, 0.29) is 18.9 Å². The number of benzene rings is 1. The molecular weight excluding hydrogens is 296 g/mol. The highest BCUT2D eigenvalue weighted by Crippen LogP contribution is 2.30. The summed E-state index contributed by atoms with van der Waals surface area (Å²) in [6.45, 7) is 1.50. The second kappa shape index (κ2) is 6.77. The van der Waals surface area contributed by atoms with E-state index in [1.165, 1.54) is 0 Å². The van der Waals surface area contributed by atoms with Crippen LogP contribution in [0.1, 0.15) is 12.0 Å². The predicted octanol–water partition coefficient (Wildman–Crippen LogP) is 0.0133. The van der Waals surface area contributed by atoms with Crippen molar-refractivity contribution in [1.29, 1.82) is 0 Å². The summed E-state index contributed by atoms with van der Waals surface area (Å²) in [7, 11) is -3.26. The summed E-state index contributed by atoms with van der Waals surface area (Å²) in [6, 6.07) is 5.48. The molecule has 1 amide bonds. The Labute approximate surface area is 123 Å². The lowest BCUT2D eigenvalue weighted by Crippen LogP contribution is -2.29. The predicted molar refractivity (Wildman–Crippen MR) is 76.7 cm³/mol. The van der Waals surface area contributed by atoms with Gasteiger partial charge in [0.05, 0.1) is 6.26 Å². The third-order valence-corrected chi connectivity index (χ3v) is 3.54. The van der Waals surface area contributed by atoms with Gasteiger partial charge in [0, 0.05) is 19.5 Å². The molecule has 1 aliphatic rings. The third-order valence-electron chi connectivity index (χ3n) is 2.81. The number of fused-ring (bicyclic) bond motifs is 1. The van der Waals surface area contributed by atoms with Crippen molar-refractivity contribution >= 4 is 15.9 Å². The Bertz CT molecular complexity index is 615. The zero-order valence-corrected chi connectivity index (χ0v) is 12.5. The Kier molecular flexibility index (Phi) is 5.03. The van der Waals surface area contributed by atoms with E-state index in [9.17, 15) is 13.2 Å². The average Bonchev–Trinajstić information content (AvgIpc) is 2.43. The number of rotatable bonds is 6. The Balaban J connectivity index is 1.79. The van der Waals surface area contributed by atoms with Gasteiger partial charge >= 0.3 is 0 Å². The second-order valence-electron chi connectivity index (χ2n) is 4.67. The van der Waals surface area contributed by atoms with Gasteiger partial charge in [-0.05, 0) is 17.7 Å². The number of sulfonamides is 1. The lowest BCUT2D eigenvalue weighted by atomic mass is 10.2. The summed E-state index contributed by atoms with van der Waals surface area (Å²) < 4.78 is 34.9. The maximum absolute atomic E-state index is 11.6. The first-order chi connectivity index (χ1) is 9.94. The zero-order chi connectivity index (χ0) is 15.3. The van der Waals surface area contributed by atoms with Crippen LogP contribution in [-0.4, -0.2) is 40.3 Å². The van der Waals surface area contributed by atoms with Crippen molar-refractivity contribution in [3.05, 3.63) is 23.8 Å².